The smallest absolute Gasteiger partial charge is 0.417 e. The molecule has 8 nitrogen and oxygen atoms in total. The number of amides is 2. The van der Waals surface area contributed by atoms with E-state index < -0.39 is 28.6 Å². The highest BCUT2D eigenvalue weighted by Gasteiger charge is 2.36. The normalized spacial score (nSPS) is 15.9. The number of hydrogen-bond donors (Lipinski definition) is 1. The standard InChI is InChI=1S/C21H17ClF3N5O3/c1-11-10-29(13-3-4-15(16(22)6-13)21(23,24)25)20(32)18-17(9-27-30(11)18)28-19(31)12-5-14(33-2)8-26-7-12/h3-9,11H,10H2,1-2H3,(H,28,31)/t11-/m0/s1. The minimum atomic E-state index is -4.61. The van der Waals surface area contributed by atoms with E-state index >= 15 is 0 Å². The molecule has 0 unspecified atom stereocenters. The van der Waals surface area contributed by atoms with Crippen LogP contribution in [0.3, 0.4) is 0 Å². The molecule has 0 saturated heterocycles. The van der Waals surface area contributed by atoms with Crippen LogP contribution in [0.2, 0.25) is 5.02 Å². The summed E-state index contributed by atoms with van der Waals surface area (Å²) in [6, 6.07) is 4.29. The molecule has 2 amide bonds. The molecular weight excluding hydrogens is 463 g/mol. The van der Waals surface area contributed by atoms with Crippen LogP contribution in [0, 0.1) is 0 Å². The minimum Gasteiger partial charge on any atom is -0.495 e. The number of fused-ring (bicyclic) bond motifs is 1. The summed E-state index contributed by atoms with van der Waals surface area (Å²) in [5, 5.41) is 6.33. The number of ether oxygens (including phenoxy) is 1. The lowest BCUT2D eigenvalue weighted by molar-refractivity contribution is -0.137. The molecule has 0 spiro atoms. The van der Waals surface area contributed by atoms with E-state index in [9.17, 15) is 22.8 Å². The monoisotopic (exact) mass is 479 g/mol. The van der Waals surface area contributed by atoms with Crippen molar-refractivity contribution in [3.63, 3.8) is 0 Å². The van der Waals surface area contributed by atoms with Gasteiger partial charge in [0.25, 0.3) is 11.8 Å². The fourth-order valence-corrected chi connectivity index (χ4v) is 3.81. The molecule has 0 radical (unpaired) electrons. The first-order valence-electron chi connectivity index (χ1n) is 9.66. The maximum atomic E-state index is 13.3. The molecule has 1 atom stereocenters. The second-order valence-electron chi connectivity index (χ2n) is 7.35. The van der Waals surface area contributed by atoms with E-state index in [1.165, 1.54) is 47.4 Å². The number of aromatic nitrogens is 3. The highest BCUT2D eigenvalue weighted by Crippen LogP contribution is 2.38. The van der Waals surface area contributed by atoms with Crippen LogP contribution >= 0.6 is 11.6 Å². The van der Waals surface area contributed by atoms with Crippen molar-refractivity contribution < 1.29 is 27.5 Å². The van der Waals surface area contributed by atoms with Gasteiger partial charge in [-0.3, -0.25) is 19.3 Å². The van der Waals surface area contributed by atoms with Gasteiger partial charge in [-0.2, -0.15) is 18.3 Å². The number of nitrogens with zero attached hydrogens (tertiary/aromatic N) is 4. The van der Waals surface area contributed by atoms with Gasteiger partial charge in [0.1, 0.15) is 5.75 Å². The van der Waals surface area contributed by atoms with Crippen molar-refractivity contribution in [1.82, 2.24) is 14.8 Å². The van der Waals surface area contributed by atoms with Gasteiger partial charge < -0.3 is 15.0 Å². The molecule has 0 fully saturated rings. The van der Waals surface area contributed by atoms with Crippen LogP contribution in [0.1, 0.15) is 39.4 Å². The van der Waals surface area contributed by atoms with Gasteiger partial charge >= 0.3 is 6.18 Å². The van der Waals surface area contributed by atoms with E-state index in [4.69, 9.17) is 16.3 Å². The van der Waals surface area contributed by atoms with Crippen molar-refractivity contribution >= 4 is 34.8 Å². The molecule has 1 N–H and O–H groups in total. The van der Waals surface area contributed by atoms with Crippen molar-refractivity contribution in [2.75, 3.05) is 23.9 Å². The number of carbonyl (C=O) groups excluding carboxylic acids is 2. The van der Waals surface area contributed by atoms with Gasteiger partial charge in [0.2, 0.25) is 0 Å². The van der Waals surface area contributed by atoms with Crippen LogP contribution in [0.5, 0.6) is 5.75 Å². The van der Waals surface area contributed by atoms with E-state index in [1.54, 1.807) is 6.92 Å². The Hall–Kier alpha value is -3.60. The Morgan fingerprint density at radius 3 is 2.67 bits per heavy atom. The number of carbonyl (C=O) groups is 2. The third kappa shape index (κ3) is 4.23. The summed E-state index contributed by atoms with van der Waals surface area (Å²) in [6.07, 6.45) is -0.482. The first kappa shape index (κ1) is 22.6. The Balaban J connectivity index is 1.65. The van der Waals surface area contributed by atoms with Crippen molar-refractivity contribution in [2.24, 2.45) is 0 Å². The zero-order chi connectivity index (χ0) is 23.9. The lowest BCUT2D eigenvalue weighted by Crippen LogP contribution is -2.43. The number of methoxy groups -OCH3 is 1. The first-order valence-corrected chi connectivity index (χ1v) is 10.0. The molecule has 0 saturated carbocycles. The number of pyridine rings is 1. The second kappa shape index (κ2) is 8.39. The van der Waals surface area contributed by atoms with Gasteiger partial charge in [0.15, 0.2) is 5.69 Å². The van der Waals surface area contributed by atoms with Gasteiger partial charge in [0.05, 0.1) is 47.4 Å². The number of nitrogens with one attached hydrogen (secondary N) is 1. The Bertz CT molecular complexity index is 1240. The van der Waals surface area contributed by atoms with Crippen molar-refractivity contribution in [1.29, 1.82) is 0 Å². The molecule has 12 heteroatoms. The Morgan fingerprint density at radius 1 is 1.24 bits per heavy atom. The molecule has 1 aliphatic heterocycles. The van der Waals surface area contributed by atoms with Gasteiger partial charge in [0, 0.05) is 18.4 Å². The zero-order valence-electron chi connectivity index (χ0n) is 17.4. The summed E-state index contributed by atoms with van der Waals surface area (Å²) in [7, 11) is 1.44. The molecule has 0 bridgehead atoms. The average molecular weight is 480 g/mol. The molecule has 33 heavy (non-hydrogen) atoms. The Kier molecular flexibility index (Phi) is 5.75. The summed E-state index contributed by atoms with van der Waals surface area (Å²) < 4.78 is 45.7. The maximum Gasteiger partial charge on any atom is 0.417 e. The van der Waals surface area contributed by atoms with Gasteiger partial charge in [-0.15, -0.1) is 0 Å². The molecule has 1 aliphatic rings. The largest absolute Gasteiger partial charge is 0.495 e. The topological polar surface area (TPSA) is 89.3 Å². The predicted octanol–water partition coefficient (Wildman–Crippen LogP) is 4.43. The van der Waals surface area contributed by atoms with Crippen LogP contribution in [-0.4, -0.2) is 40.2 Å². The van der Waals surface area contributed by atoms with E-state index in [2.05, 4.69) is 15.4 Å². The highest BCUT2D eigenvalue weighted by molar-refractivity contribution is 6.31. The minimum absolute atomic E-state index is 0.0916. The van der Waals surface area contributed by atoms with E-state index in [-0.39, 0.29) is 35.2 Å². The van der Waals surface area contributed by atoms with Crippen molar-refractivity contribution in [3.8, 4) is 5.75 Å². The molecule has 3 aromatic rings. The summed E-state index contributed by atoms with van der Waals surface area (Å²) in [5.74, 6) is -0.692. The van der Waals surface area contributed by atoms with Gasteiger partial charge in [-0.1, -0.05) is 11.6 Å². The molecule has 1 aromatic carbocycles. The van der Waals surface area contributed by atoms with E-state index in [0.29, 0.717) is 5.75 Å². The fourth-order valence-electron chi connectivity index (χ4n) is 3.53. The predicted molar refractivity (Wildman–Crippen MR) is 114 cm³/mol. The van der Waals surface area contributed by atoms with Crippen LogP contribution in [0.4, 0.5) is 24.5 Å². The van der Waals surface area contributed by atoms with Crippen LogP contribution in [0.15, 0.2) is 42.9 Å². The summed E-state index contributed by atoms with van der Waals surface area (Å²) in [6.45, 7) is 1.95. The zero-order valence-corrected chi connectivity index (χ0v) is 18.1. The lowest BCUT2D eigenvalue weighted by Gasteiger charge is -2.32. The van der Waals surface area contributed by atoms with E-state index in [1.807, 2.05) is 0 Å². The Morgan fingerprint density at radius 2 is 2.00 bits per heavy atom. The third-order valence-electron chi connectivity index (χ3n) is 5.14. The SMILES string of the molecule is COc1cncc(C(=O)Nc2cnn3c2C(=O)N(c2ccc(C(F)(F)F)c(Cl)c2)C[C@@H]3C)c1. The number of hydrogen-bond acceptors (Lipinski definition) is 5. The first-order chi connectivity index (χ1) is 15.6. The maximum absolute atomic E-state index is 13.3. The summed E-state index contributed by atoms with van der Waals surface area (Å²) in [4.78, 5) is 31.2. The van der Waals surface area contributed by atoms with Crippen LogP contribution < -0.4 is 15.0 Å². The Labute approximate surface area is 190 Å². The number of anilines is 2. The highest BCUT2D eigenvalue weighted by atomic mass is 35.5. The van der Waals surface area contributed by atoms with Crippen molar-refractivity contribution in [3.05, 3.63) is 64.7 Å². The lowest BCUT2D eigenvalue weighted by atomic mass is 10.1. The van der Waals surface area contributed by atoms with Crippen LogP contribution in [-0.2, 0) is 6.18 Å². The molecule has 172 valence electrons. The quantitative estimate of drug-likeness (QED) is 0.598. The van der Waals surface area contributed by atoms with Gasteiger partial charge in [-0.05, 0) is 31.2 Å². The number of alkyl halides is 3. The number of benzene rings is 1. The molecule has 3 heterocycles. The van der Waals surface area contributed by atoms with Gasteiger partial charge in [-0.25, -0.2) is 0 Å². The van der Waals surface area contributed by atoms with Crippen molar-refractivity contribution in [2.45, 2.75) is 19.1 Å². The number of rotatable bonds is 4. The van der Waals surface area contributed by atoms with Crippen LogP contribution in [0.25, 0.3) is 0 Å². The fraction of sp³-hybridized carbons (Fsp3) is 0.238. The summed E-state index contributed by atoms with van der Waals surface area (Å²) in [5.41, 5.74) is -0.338. The number of halogens is 4. The molecule has 4 rings (SSSR count). The summed E-state index contributed by atoms with van der Waals surface area (Å²) >= 11 is 5.84. The molecule has 0 aliphatic carbocycles. The second-order valence-corrected chi connectivity index (χ2v) is 7.75. The third-order valence-corrected chi connectivity index (χ3v) is 5.45. The molecule has 2 aromatic heterocycles. The molecular formula is C21H17ClF3N5O3. The average Bonchev–Trinajstić information content (AvgIpc) is 3.19. The van der Waals surface area contributed by atoms with E-state index in [0.717, 1.165) is 12.1 Å².